The van der Waals surface area contributed by atoms with Gasteiger partial charge in [0.15, 0.2) is 11.7 Å². The van der Waals surface area contributed by atoms with Crippen LogP contribution in [-0.2, 0) is 16.0 Å². The Bertz CT molecular complexity index is 1040. The Labute approximate surface area is 202 Å². The van der Waals surface area contributed by atoms with Gasteiger partial charge >= 0.3 is 5.97 Å². The smallest absolute Gasteiger partial charge is 0.339 e. The van der Waals surface area contributed by atoms with Crippen molar-refractivity contribution in [2.24, 2.45) is 29.6 Å². The molecule has 1 N–H and O–H groups in total. The second kappa shape index (κ2) is 8.51. The number of esters is 1. The predicted octanol–water partition coefficient (Wildman–Crippen LogP) is 4.36. The number of quaternary nitrogens is 1. The van der Waals surface area contributed by atoms with E-state index in [0.717, 1.165) is 43.4 Å². The second-order valence-corrected chi connectivity index (χ2v) is 10.8. The summed E-state index contributed by atoms with van der Waals surface area (Å²) < 4.78 is 7.12. The van der Waals surface area contributed by atoms with Crippen molar-refractivity contribution in [1.82, 2.24) is 0 Å². The first-order chi connectivity index (χ1) is 16.6. The van der Waals surface area contributed by atoms with Gasteiger partial charge in [-0.05, 0) is 29.9 Å². The summed E-state index contributed by atoms with van der Waals surface area (Å²) in [6.07, 6.45) is 23.8. The molecule has 0 spiro atoms. The van der Waals surface area contributed by atoms with Gasteiger partial charge in [0.1, 0.15) is 6.54 Å². The summed E-state index contributed by atoms with van der Waals surface area (Å²) in [5, 5.41) is 11.9. The third kappa shape index (κ3) is 3.55. The molecule has 4 nitrogen and oxygen atoms in total. The summed E-state index contributed by atoms with van der Waals surface area (Å²) in [6.45, 7) is 3.01. The minimum absolute atomic E-state index is 0.125. The zero-order valence-electron chi connectivity index (χ0n) is 19.6. The van der Waals surface area contributed by atoms with E-state index in [1.54, 1.807) is 0 Å². The van der Waals surface area contributed by atoms with E-state index in [2.05, 4.69) is 48.7 Å². The Morgan fingerprint density at radius 3 is 2.24 bits per heavy atom. The molecule has 34 heavy (non-hydrogen) atoms. The van der Waals surface area contributed by atoms with Gasteiger partial charge in [-0.2, -0.15) is 0 Å². The van der Waals surface area contributed by atoms with E-state index >= 15 is 0 Å². The van der Waals surface area contributed by atoms with Gasteiger partial charge in [-0.1, -0.05) is 78.9 Å². The summed E-state index contributed by atoms with van der Waals surface area (Å²) in [6, 6.07) is 10.5. The van der Waals surface area contributed by atoms with Crippen LogP contribution in [0.1, 0.15) is 18.4 Å². The predicted molar refractivity (Wildman–Crippen MR) is 132 cm³/mol. The highest BCUT2D eigenvalue weighted by Gasteiger charge is 2.63. The standard InChI is InChI=1S/C30H34NO3/c32-29(30(33)26-14-6-4-12-24(26)25-13-5-7-15-27(25)30)34-28-21-31(19-16-23(28)17-20-31)18-8-11-22-9-2-1-3-10-22/h1-10,12-15,18,23-28,33H,11,16-17,19-21H2/q+1/b18-8+/t23?,24?,25?,26?,27?,28-,30?,31?/m0/s1. The van der Waals surface area contributed by atoms with Crippen molar-refractivity contribution in [2.45, 2.75) is 31.0 Å². The van der Waals surface area contributed by atoms with Gasteiger partial charge in [0, 0.05) is 30.6 Å². The molecule has 4 fully saturated rings. The zero-order chi connectivity index (χ0) is 23.2. The summed E-state index contributed by atoms with van der Waals surface area (Å²) >= 11 is 0. The van der Waals surface area contributed by atoms with Crippen molar-refractivity contribution in [3.8, 4) is 0 Å². The Kier molecular flexibility index (Phi) is 5.46. The second-order valence-electron chi connectivity index (χ2n) is 10.8. The Balaban J connectivity index is 1.19. The van der Waals surface area contributed by atoms with Crippen LogP contribution in [0.5, 0.6) is 0 Å². The zero-order valence-corrected chi connectivity index (χ0v) is 19.6. The molecule has 0 radical (unpaired) electrons. The fraction of sp³-hybridized carbons (Fsp3) is 0.433. The first kappa shape index (κ1) is 21.8. The van der Waals surface area contributed by atoms with Crippen LogP contribution in [-0.4, -0.2) is 46.9 Å². The van der Waals surface area contributed by atoms with E-state index in [9.17, 15) is 9.90 Å². The number of aliphatic hydroxyl groups is 1. The highest BCUT2D eigenvalue weighted by atomic mass is 16.6. The minimum atomic E-state index is -1.52. The topological polar surface area (TPSA) is 46.5 Å². The number of fused-ring (bicyclic) bond motifs is 6. The lowest BCUT2D eigenvalue weighted by molar-refractivity contribution is -0.899. The molecule has 1 aromatic carbocycles. The molecule has 4 unspecified atom stereocenters. The van der Waals surface area contributed by atoms with Gasteiger partial charge in [-0.25, -0.2) is 4.79 Å². The molecule has 1 aromatic rings. The monoisotopic (exact) mass is 456 g/mol. The number of carbonyl (C=O) groups excluding carboxylic acids is 1. The maximum atomic E-state index is 13.7. The number of ether oxygens (including phenoxy) is 1. The molecule has 1 saturated carbocycles. The molecular formula is C30H34NO3+. The lowest BCUT2D eigenvalue weighted by atomic mass is 9.79. The molecule has 5 atom stereocenters. The molecule has 4 heteroatoms. The maximum Gasteiger partial charge on any atom is 0.339 e. The molecule has 0 amide bonds. The van der Waals surface area contributed by atoms with Crippen molar-refractivity contribution < 1.29 is 19.1 Å². The maximum absolute atomic E-state index is 13.7. The van der Waals surface area contributed by atoms with E-state index in [1.807, 2.05) is 42.5 Å². The third-order valence-electron chi connectivity index (χ3n) is 8.98. The van der Waals surface area contributed by atoms with Crippen molar-refractivity contribution in [2.75, 3.05) is 19.6 Å². The Hall–Kier alpha value is -2.69. The van der Waals surface area contributed by atoms with Crippen molar-refractivity contribution >= 4 is 5.97 Å². The van der Waals surface area contributed by atoms with E-state index in [-0.39, 0.29) is 29.8 Å². The SMILES string of the molecule is O=C(O[C@H]1C[N+]2(/C=C/Cc3ccccc3)CCC1CC2)C1(O)C2C=CC=CC2C2C=CC=CC21. The average Bonchev–Trinajstić information content (AvgIpc) is 3.15. The quantitative estimate of drug-likeness (QED) is 0.529. The molecule has 176 valence electrons. The van der Waals surface area contributed by atoms with E-state index < -0.39 is 11.6 Å². The lowest BCUT2D eigenvalue weighted by Crippen LogP contribution is -2.62. The number of hydrogen-bond donors (Lipinski definition) is 1. The van der Waals surface area contributed by atoms with Gasteiger partial charge in [-0.15, -0.1) is 0 Å². The molecular weight excluding hydrogens is 422 g/mol. The number of carbonyl (C=O) groups is 1. The number of rotatable bonds is 5. The normalized spacial score (nSPS) is 41.6. The van der Waals surface area contributed by atoms with Gasteiger partial charge in [0.05, 0.1) is 19.3 Å². The van der Waals surface area contributed by atoms with Gasteiger partial charge < -0.3 is 9.84 Å². The molecule has 3 heterocycles. The van der Waals surface area contributed by atoms with Crippen LogP contribution in [0.15, 0.2) is 91.2 Å². The van der Waals surface area contributed by atoms with Crippen LogP contribution in [0.2, 0.25) is 0 Å². The molecule has 3 aliphatic carbocycles. The number of hydrogen-bond acceptors (Lipinski definition) is 3. The average molecular weight is 457 g/mol. The Morgan fingerprint density at radius 1 is 0.971 bits per heavy atom. The first-order valence-electron chi connectivity index (χ1n) is 12.8. The first-order valence-corrected chi connectivity index (χ1v) is 12.8. The fourth-order valence-corrected chi connectivity index (χ4v) is 7.12. The molecule has 2 bridgehead atoms. The molecule has 0 aromatic heterocycles. The summed E-state index contributed by atoms with van der Waals surface area (Å²) in [5.74, 6) is -0.282. The highest BCUT2D eigenvalue weighted by molar-refractivity contribution is 5.82. The van der Waals surface area contributed by atoms with Crippen LogP contribution >= 0.6 is 0 Å². The summed E-state index contributed by atoms with van der Waals surface area (Å²) in [5.41, 5.74) is -0.207. The van der Waals surface area contributed by atoms with Crippen LogP contribution in [0.25, 0.3) is 0 Å². The van der Waals surface area contributed by atoms with Crippen LogP contribution in [0.3, 0.4) is 0 Å². The van der Waals surface area contributed by atoms with Crippen molar-refractivity contribution in [3.63, 3.8) is 0 Å². The largest absolute Gasteiger partial charge is 0.454 e. The van der Waals surface area contributed by atoms with Gasteiger partial charge in [-0.3, -0.25) is 4.48 Å². The van der Waals surface area contributed by atoms with E-state index in [4.69, 9.17) is 4.74 Å². The number of allylic oxidation sites excluding steroid dienone is 7. The number of nitrogens with zero attached hydrogens (tertiary/aromatic N) is 1. The van der Waals surface area contributed by atoms with Gasteiger partial charge in [0.2, 0.25) is 0 Å². The minimum Gasteiger partial charge on any atom is -0.454 e. The third-order valence-corrected chi connectivity index (χ3v) is 8.98. The summed E-state index contributed by atoms with van der Waals surface area (Å²) in [4.78, 5) is 13.7. The lowest BCUT2D eigenvalue weighted by Gasteiger charge is -2.50. The van der Waals surface area contributed by atoms with Crippen LogP contribution in [0, 0.1) is 29.6 Å². The molecule has 6 aliphatic rings. The Morgan fingerprint density at radius 2 is 1.59 bits per heavy atom. The summed E-state index contributed by atoms with van der Waals surface area (Å²) in [7, 11) is 0. The number of piperidine rings is 3. The van der Waals surface area contributed by atoms with Crippen LogP contribution < -0.4 is 0 Å². The molecule has 3 aliphatic heterocycles. The van der Waals surface area contributed by atoms with E-state index in [1.165, 1.54) is 5.56 Å². The highest BCUT2D eigenvalue weighted by Crippen LogP contribution is 2.54. The fourth-order valence-electron chi connectivity index (χ4n) is 7.12. The molecule has 3 saturated heterocycles. The van der Waals surface area contributed by atoms with Gasteiger partial charge in [0.25, 0.3) is 0 Å². The molecule has 7 rings (SSSR count). The van der Waals surface area contributed by atoms with Crippen LogP contribution in [0.4, 0.5) is 0 Å². The van der Waals surface area contributed by atoms with E-state index in [0.29, 0.717) is 5.92 Å². The van der Waals surface area contributed by atoms with Crippen molar-refractivity contribution in [3.05, 3.63) is 96.8 Å². The van der Waals surface area contributed by atoms with Crippen molar-refractivity contribution in [1.29, 1.82) is 0 Å². The number of benzene rings is 1.